The molecule has 0 aliphatic carbocycles. The highest BCUT2D eigenvalue weighted by Crippen LogP contribution is 2.29. The Hall–Kier alpha value is -2.24. The number of carboxylic acids is 1. The molecule has 134 valence electrons. The summed E-state index contributed by atoms with van der Waals surface area (Å²) in [6.07, 6.45) is 1.70. The molecule has 1 aromatic rings. The summed E-state index contributed by atoms with van der Waals surface area (Å²) in [6, 6.07) is 3.95. The molecule has 0 aromatic heterocycles. The van der Waals surface area contributed by atoms with Gasteiger partial charge in [0.15, 0.2) is 11.5 Å². The summed E-state index contributed by atoms with van der Waals surface area (Å²) in [5.41, 5.74) is 0.344. The fraction of sp³-hybridized carbons (Fsp3) is 0.556. The van der Waals surface area contributed by atoms with Gasteiger partial charge in [0, 0.05) is 5.56 Å². The van der Waals surface area contributed by atoms with E-state index in [9.17, 15) is 14.7 Å². The molecule has 0 heterocycles. The lowest BCUT2D eigenvalue weighted by atomic mass is 10.0. The van der Waals surface area contributed by atoms with Gasteiger partial charge in [-0.1, -0.05) is 27.7 Å². The lowest BCUT2D eigenvalue weighted by Gasteiger charge is -2.18. The van der Waals surface area contributed by atoms with Gasteiger partial charge in [-0.05, 0) is 37.0 Å². The van der Waals surface area contributed by atoms with Crippen molar-refractivity contribution in [2.45, 2.75) is 46.6 Å². The average Bonchev–Trinajstić information content (AvgIpc) is 2.55. The number of carbonyl (C=O) groups is 2. The van der Waals surface area contributed by atoms with Crippen molar-refractivity contribution in [3.63, 3.8) is 0 Å². The summed E-state index contributed by atoms with van der Waals surface area (Å²) in [5.74, 6) is -0.632. The normalized spacial score (nSPS) is 11.9. The number of nitrogens with one attached hydrogen (secondary N) is 1. The van der Waals surface area contributed by atoms with E-state index in [1.165, 1.54) is 0 Å². The van der Waals surface area contributed by atoms with Crippen LogP contribution in [0.3, 0.4) is 0 Å². The van der Waals surface area contributed by atoms with Crippen LogP contribution in [0.25, 0.3) is 0 Å². The molecule has 1 atom stereocenters. The van der Waals surface area contributed by atoms with Crippen molar-refractivity contribution >= 4 is 11.9 Å². The van der Waals surface area contributed by atoms with Gasteiger partial charge < -0.3 is 19.9 Å². The smallest absolute Gasteiger partial charge is 0.326 e. The third-order valence-electron chi connectivity index (χ3n) is 3.35. The Balaban J connectivity index is 2.97. The van der Waals surface area contributed by atoms with Crippen LogP contribution in [0.5, 0.6) is 11.5 Å². The molecule has 1 aromatic carbocycles. The van der Waals surface area contributed by atoms with Crippen molar-refractivity contribution in [1.29, 1.82) is 0 Å². The Morgan fingerprint density at radius 1 is 1.08 bits per heavy atom. The number of benzene rings is 1. The monoisotopic (exact) mass is 337 g/mol. The van der Waals surface area contributed by atoms with Gasteiger partial charge in [-0.3, -0.25) is 4.79 Å². The Morgan fingerprint density at radius 3 is 2.17 bits per heavy atom. The fourth-order valence-corrected chi connectivity index (χ4v) is 2.04. The maximum absolute atomic E-state index is 12.3. The number of aliphatic carboxylic acids is 1. The van der Waals surface area contributed by atoms with Crippen LogP contribution >= 0.6 is 0 Å². The lowest BCUT2D eigenvalue weighted by molar-refractivity contribution is -0.140. The first-order valence-electron chi connectivity index (χ1n) is 8.34. The van der Waals surface area contributed by atoms with Gasteiger partial charge in [0.2, 0.25) is 0 Å². The zero-order valence-electron chi connectivity index (χ0n) is 14.8. The molecule has 2 N–H and O–H groups in total. The molecule has 0 spiro atoms. The van der Waals surface area contributed by atoms with Crippen LogP contribution in [-0.2, 0) is 4.79 Å². The molecule has 0 radical (unpaired) electrons. The van der Waals surface area contributed by atoms with Gasteiger partial charge in [-0.25, -0.2) is 4.79 Å². The van der Waals surface area contributed by atoms with Crippen LogP contribution in [0.2, 0.25) is 0 Å². The van der Waals surface area contributed by atoms with Crippen LogP contribution in [0.4, 0.5) is 0 Å². The molecule has 1 rings (SSSR count). The van der Waals surface area contributed by atoms with Gasteiger partial charge in [-0.2, -0.15) is 0 Å². The number of amides is 1. The van der Waals surface area contributed by atoms with Crippen LogP contribution in [0.1, 0.15) is 50.9 Å². The second kappa shape index (κ2) is 9.80. The molecule has 6 nitrogen and oxygen atoms in total. The van der Waals surface area contributed by atoms with Gasteiger partial charge >= 0.3 is 5.97 Å². The van der Waals surface area contributed by atoms with Gasteiger partial charge in [0.1, 0.15) is 6.04 Å². The summed E-state index contributed by atoms with van der Waals surface area (Å²) in [5, 5.41) is 11.7. The molecule has 0 saturated carbocycles. The zero-order valence-corrected chi connectivity index (χ0v) is 14.8. The summed E-state index contributed by atoms with van der Waals surface area (Å²) in [7, 11) is 0. The predicted molar refractivity (Wildman–Crippen MR) is 91.7 cm³/mol. The van der Waals surface area contributed by atoms with Gasteiger partial charge in [0.05, 0.1) is 13.2 Å². The number of hydrogen-bond donors (Lipinski definition) is 2. The molecule has 1 unspecified atom stereocenters. The molecule has 24 heavy (non-hydrogen) atoms. The first-order chi connectivity index (χ1) is 11.4. The zero-order chi connectivity index (χ0) is 18.1. The first-order valence-corrected chi connectivity index (χ1v) is 8.34. The van der Waals surface area contributed by atoms with Crippen molar-refractivity contribution in [3.8, 4) is 11.5 Å². The molecule has 0 bridgehead atoms. The molecule has 0 aliphatic rings. The maximum Gasteiger partial charge on any atom is 0.326 e. The number of hydrogen-bond acceptors (Lipinski definition) is 4. The minimum atomic E-state index is -1.05. The van der Waals surface area contributed by atoms with Crippen molar-refractivity contribution < 1.29 is 24.2 Å². The van der Waals surface area contributed by atoms with E-state index in [4.69, 9.17) is 9.47 Å². The quantitative estimate of drug-likeness (QED) is 0.685. The Morgan fingerprint density at radius 2 is 1.67 bits per heavy atom. The first kappa shape index (κ1) is 19.8. The van der Waals surface area contributed by atoms with E-state index >= 15 is 0 Å². The highest BCUT2D eigenvalue weighted by molar-refractivity contribution is 5.97. The van der Waals surface area contributed by atoms with Crippen LogP contribution in [0, 0.1) is 5.92 Å². The molecular formula is C18H27NO5. The minimum absolute atomic E-state index is 0.213. The largest absolute Gasteiger partial charge is 0.490 e. The molecular weight excluding hydrogens is 310 g/mol. The minimum Gasteiger partial charge on any atom is -0.490 e. The Bertz CT molecular complexity index is 556. The topological polar surface area (TPSA) is 84.9 Å². The summed E-state index contributed by atoms with van der Waals surface area (Å²) < 4.78 is 11.3. The van der Waals surface area contributed by atoms with Crippen LogP contribution in [0.15, 0.2) is 18.2 Å². The van der Waals surface area contributed by atoms with Crippen LogP contribution in [-0.4, -0.2) is 36.2 Å². The van der Waals surface area contributed by atoms with Crippen molar-refractivity contribution in [2.24, 2.45) is 5.92 Å². The number of rotatable bonds is 10. The Kier molecular flexibility index (Phi) is 8.09. The lowest BCUT2D eigenvalue weighted by Crippen LogP contribution is -2.44. The summed E-state index contributed by atoms with van der Waals surface area (Å²) >= 11 is 0. The molecule has 6 heteroatoms. The average molecular weight is 337 g/mol. The van der Waals surface area contributed by atoms with Gasteiger partial charge in [-0.15, -0.1) is 0 Å². The van der Waals surface area contributed by atoms with Crippen molar-refractivity contribution in [1.82, 2.24) is 5.32 Å². The highest BCUT2D eigenvalue weighted by atomic mass is 16.5. The fourth-order valence-electron chi connectivity index (χ4n) is 2.04. The van der Waals surface area contributed by atoms with Crippen molar-refractivity contribution in [2.75, 3.05) is 13.2 Å². The molecule has 0 aliphatic heterocycles. The van der Waals surface area contributed by atoms with E-state index < -0.39 is 17.9 Å². The van der Waals surface area contributed by atoms with E-state index in [2.05, 4.69) is 5.32 Å². The van der Waals surface area contributed by atoms with Crippen LogP contribution < -0.4 is 14.8 Å². The SMILES string of the molecule is CCCOc1ccc(C(=O)NC(C(=O)O)C(C)C)cc1OCCC. The summed E-state index contributed by atoms with van der Waals surface area (Å²) in [6.45, 7) is 8.56. The Labute approximate surface area is 143 Å². The second-order valence-electron chi connectivity index (χ2n) is 5.89. The summed E-state index contributed by atoms with van der Waals surface area (Å²) in [4.78, 5) is 23.6. The third-order valence-corrected chi connectivity index (χ3v) is 3.35. The number of carbonyl (C=O) groups excluding carboxylic acids is 1. The van der Waals surface area contributed by atoms with Gasteiger partial charge in [0.25, 0.3) is 5.91 Å². The van der Waals surface area contributed by atoms with E-state index in [1.807, 2.05) is 13.8 Å². The van der Waals surface area contributed by atoms with E-state index in [0.29, 0.717) is 30.3 Å². The standard InChI is InChI=1S/C18H27NO5/c1-5-9-23-14-8-7-13(11-15(14)24-10-6-2)17(20)19-16(12(3)4)18(21)22/h7-8,11-12,16H,5-6,9-10H2,1-4H3,(H,19,20)(H,21,22). The molecule has 0 fully saturated rings. The maximum atomic E-state index is 12.3. The number of ether oxygens (including phenoxy) is 2. The van der Waals surface area contributed by atoms with E-state index in [-0.39, 0.29) is 5.92 Å². The van der Waals surface area contributed by atoms with E-state index in [1.54, 1.807) is 32.0 Å². The molecule has 0 saturated heterocycles. The van der Waals surface area contributed by atoms with E-state index in [0.717, 1.165) is 12.8 Å². The predicted octanol–water partition coefficient (Wildman–Crippen LogP) is 3.10. The van der Waals surface area contributed by atoms with Crippen molar-refractivity contribution in [3.05, 3.63) is 23.8 Å². The molecule has 1 amide bonds. The number of carboxylic acid groups (broad SMARTS) is 1. The third kappa shape index (κ3) is 5.76. The highest BCUT2D eigenvalue weighted by Gasteiger charge is 2.24. The second-order valence-corrected chi connectivity index (χ2v) is 5.89.